The van der Waals surface area contributed by atoms with Crippen LogP contribution in [0, 0.1) is 0 Å². The second kappa shape index (κ2) is 9.16. The summed E-state index contributed by atoms with van der Waals surface area (Å²) >= 11 is 0. The molecule has 0 aromatic carbocycles. The van der Waals surface area contributed by atoms with E-state index in [9.17, 15) is 32.3 Å². The van der Waals surface area contributed by atoms with E-state index in [0.29, 0.717) is 6.29 Å². The van der Waals surface area contributed by atoms with Crippen molar-refractivity contribution < 1.29 is 22.8 Å². The highest BCUT2D eigenvalue weighted by atomic mass is 19.4. The molecule has 4 rings (SSSR count). The number of alkyl halides is 3. The molecule has 4 aromatic rings. The van der Waals surface area contributed by atoms with Gasteiger partial charge in [0.25, 0.3) is 5.56 Å². The third kappa shape index (κ3) is 4.37. The number of fused-ring (bicyclic) bond motifs is 1. The Kier molecular flexibility index (Phi) is 6.22. The van der Waals surface area contributed by atoms with Gasteiger partial charge in [0.15, 0.2) is 11.2 Å². The van der Waals surface area contributed by atoms with E-state index in [-0.39, 0.29) is 28.2 Å². The van der Waals surface area contributed by atoms with E-state index in [1.165, 1.54) is 43.1 Å². The summed E-state index contributed by atoms with van der Waals surface area (Å²) in [6, 6.07) is 3.50. The highest BCUT2D eigenvalue weighted by Gasteiger charge is 2.34. The van der Waals surface area contributed by atoms with Gasteiger partial charge >= 0.3 is 11.9 Å². The quantitative estimate of drug-likeness (QED) is 0.387. The summed E-state index contributed by atoms with van der Waals surface area (Å²) in [4.78, 5) is 63.9. The first-order valence-corrected chi connectivity index (χ1v) is 10.3. The third-order valence-corrected chi connectivity index (χ3v) is 5.31. The Balaban J connectivity index is 1.62. The minimum absolute atomic E-state index is 0.0363. The number of carbonyl (C=O) groups is 2. The number of rotatable bonds is 6. The smallest absolute Gasteiger partial charge is 0.312 e. The Labute approximate surface area is 199 Å². The summed E-state index contributed by atoms with van der Waals surface area (Å²) in [6.07, 6.45) is -1.11. The van der Waals surface area contributed by atoms with Crippen molar-refractivity contribution in [1.82, 2.24) is 33.6 Å². The molecule has 36 heavy (non-hydrogen) atoms. The molecule has 0 saturated carbocycles. The Bertz CT molecular complexity index is 1590. The summed E-state index contributed by atoms with van der Waals surface area (Å²) in [5.74, 6) is -1.81. The summed E-state index contributed by atoms with van der Waals surface area (Å²) in [6.45, 7) is 1.02. The average Bonchev–Trinajstić information content (AvgIpc) is 3.30. The van der Waals surface area contributed by atoms with Crippen LogP contribution in [-0.4, -0.2) is 45.8 Å². The van der Waals surface area contributed by atoms with Crippen LogP contribution in [-0.2, 0) is 29.4 Å². The molecule has 1 amide bonds. The van der Waals surface area contributed by atoms with Crippen LogP contribution in [0.15, 0.2) is 46.5 Å². The first-order valence-electron chi connectivity index (χ1n) is 10.3. The maximum absolute atomic E-state index is 12.9. The topological polar surface area (TPSA) is 147 Å². The Morgan fingerprint density at radius 2 is 1.86 bits per heavy atom. The fourth-order valence-corrected chi connectivity index (χ4v) is 3.45. The average molecular weight is 502 g/mol. The highest BCUT2D eigenvalue weighted by molar-refractivity contribution is 5.93. The molecule has 4 heterocycles. The number of imidazole rings is 1. The SMILES string of the molecule is CC(C(=O)Nc1cccc(-c2cnc(C(F)(F)F)nc2)n1)n1cnc2c1c(=O)n(CC=O)c(=O)n2C. The molecule has 4 aromatic heterocycles. The number of carbonyl (C=O) groups excluding carboxylic acids is 2. The fraction of sp³-hybridized carbons (Fsp3) is 0.238. The van der Waals surface area contributed by atoms with Crippen LogP contribution in [0.1, 0.15) is 18.8 Å². The van der Waals surface area contributed by atoms with Gasteiger partial charge in [-0.3, -0.25) is 18.7 Å². The molecule has 1 unspecified atom stereocenters. The summed E-state index contributed by atoms with van der Waals surface area (Å²) in [7, 11) is 1.38. The van der Waals surface area contributed by atoms with Crippen molar-refractivity contribution in [3.63, 3.8) is 0 Å². The minimum atomic E-state index is -4.68. The van der Waals surface area contributed by atoms with E-state index < -0.39 is 41.7 Å². The molecule has 0 fully saturated rings. The van der Waals surface area contributed by atoms with Gasteiger partial charge in [0, 0.05) is 25.0 Å². The van der Waals surface area contributed by atoms with Gasteiger partial charge in [-0.2, -0.15) is 13.2 Å². The van der Waals surface area contributed by atoms with Crippen LogP contribution in [0.5, 0.6) is 0 Å². The normalized spacial score (nSPS) is 12.5. The van der Waals surface area contributed by atoms with Crippen molar-refractivity contribution in [1.29, 1.82) is 0 Å². The zero-order valence-corrected chi connectivity index (χ0v) is 18.7. The van der Waals surface area contributed by atoms with E-state index >= 15 is 0 Å². The number of aryl methyl sites for hydroxylation is 1. The number of aldehydes is 1. The van der Waals surface area contributed by atoms with Crippen LogP contribution >= 0.6 is 0 Å². The molecule has 186 valence electrons. The lowest BCUT2D eigenvalue weighted by Gasteiger charge is -2.15. The number of halogens is 3. The van der Waals surface area contributed by atoms with Gasteiger partial charge in [-0.05, 0) is 19.1 Å². The van der Waals surface area contributed by atoms with Gasteiger partial charge in [-0.15, -0.1) is 0 Å². The number of nitrogens with zero attached hydrogens (tertiary/aromatic N) is 7. The van der Waals surface area contributed by atoms with Crippen LogP contribution in [0.25, 0.3) is 22.4 Å². The van der Waals surface area contributed by atoms with Crippen molar-refractivity contribution in [2.24, 2.45) is 7.05 Å². The van der Waals surface area contributed by atoms with E-state index in [1.807, 2.05) is 0 Å². The molecule has 1 atom stereocenters. The summed E-state index contributed by atoms with van der Waals surface area (Å²) in [5.41, 5.74) is -1.10. The predicted molar refractivity (Wildman–Crippen MR) is 119 cm³/mol. The zero-order chi connectivity index (χ0) is 26.2. The van der Waals surface area contributed by atoms with E-state index in [4.69, 9.17) is 0 Å². The largest absolute Gasteiger partial charge is 0.451 e. The number of pyridine rings is 1. The van der Waals surface area contributed by atoms with Crippen LogP contribution < -0.4 is 16.6 Å². The molecular weight excluding hydrogens is 485 g/mol. The number of anilines is 1. The second-order valence-corrected chi connectivity index (χ2v) is 7.61. The lowest BCUT2D eigenvalue weighted by Crippen LogP contribution is -2.40. The number of amides is 1. The van der Waals surface area contributed by atoms with Crippen molar-refractivity contribution in [3.05, 3.63) is 63.6 Å². The molecule has 15 heteroatoms. The molecule has 0 spiro atoms. The first kappa shape index (κ1) is 24.4. The first-order chi connectivity index (χ1) is 17.0. The van der Waals surface area contributed by atoms with Crippen LogP contribution in [0.4, 0.5) is 19.0 Å². The maximum atomic E-state index is 12.9. The number of nitrogens with one attached hydrogen (secondary N) is 1. The van der Waals surface area contributed by atoms with Gasteiger partial charge in [0.1, 0.15) is 18.1 Å². The molecular formula is C21H17F3N8O4. The highest BCUT2D eigenvalue weighted by Crippen LogP contribution is 2.27. The van der Waals surface area contributed by atoms with Crippen molar-refractivity contribution in [2.45, 2.75) is 25.7 Å². The maximum Gasteiger partial charge on any atom is 0.451 e. The molecule has 12 nitrogen and oxygen atoms in total. The molecule has 0 aliphatic carbocycles. The molecule has 1 N–H and O–H groups in total. The van der Waals surface area contributed by atoms with Crippen LogP contribution in [0.3, 0.4) is 0 Å². The second-order valence-electron chi connectivity index (χ2n) is 7.61. The molecule has 0 bridgehead atoms. The molecule has 0 radical (unpaired) electrons. The molecule has 0 saturated heterocycles. The van der Waals surface area contributed by atoms with E-state index in [0.717, 1.165) is 21.5 Å². The van der Waals surface area contributed by atoms with Crippen LogP contribution in [0.2, 0.25) is 0 Å². The van der Waals surface area contributed by atoms with Crippen molar-refractivity contribution >= 4 is 29.2 Å². The van der Waals surface area contributed by atoms with E-state index in [2.05, 4.69) is 25.3 Å². The number of hydrogen-bond donors (Lipinski definition) is 1. The third-order valence-electron chi connectivity index (χ3n) is 5.31. The fourth-order valence-electron chi connectivity index (χ4n) is 3.45. The molecule has 0 aliphatic rings. The van der Waals surface area contributed by atoms with Crippen molar-refractivity contribution in [2.75, 3.05) is 5.32 Å². The lowest BCUT2D eigenvalue weighted by molar-refractivity contribution is -0.145. The number of aromatic nitrogens is 7. The van der Waals surface area contributed by atoms with Gasteiger partial charge in [0.05, 0.1) is 18.6 Å². The monoisotopic (exact) mass is 502 g/mol. The van der Waals surface area contributed by atoms with Gasteiger partial charge in [-0.25, -0.2) is 24.7 Å². The predicted octanol–water partition coefficient (Wildman–Crippen LogP) is 1.17. The standard InChI is InChI=1S/C21H17F3N8O4/c1-11(32-10-27-16-15(32)18(35)31(6-7-33)20(36)30(16)2)17(34)29-14-5-3-4-13(28-14)12-8-25-19(26-9-12)21(22,23)24/h3-5,7-11H,6H2,1-2H3,(H,28,29,34). The van der Waals surface area contributed by atoms with Gasteiger partial charge in [0.2, 0.25) is 11.7 Å². The zero-order valence-electron chi connectivity index (χ0n) is 18.7. The number of hydrogen-bond acceptors (Lipinski definition) is 8. The lowest BCUT2D eigenvalue weighted by atomic mass is 10.2. The summed E-state index contributed by atoms with van der Waals surface area (Å²) in [5, 5.41) is 2.57. The van der Waals surface area contributed by atoms with E-state index in [1.54, 1.807) is 0 Å². The van der Waals surface area contributed by atoms with Gasteiger partial charge < -0.3 is 14.7 Å². The molecule has 0 aliphatic heterocycles. The summed E-state index contributed by atoms with van der Waals surface area (Å²) < 4.78 is 41.2. The van der Waals surface area contributed by atoms with Crippen molar-refractivity contribution in [3.8, 4) is 11.3 Å². The Hall–Kier alpha value is -4.69. The Morgan fingerprint density at radius 3 is 2.50 bits per heavy atom. The minimum Gasteiger partial charge on any atom is -0.312 e. The Morgan fingerprint density at radius 1 is 1.17 bits per heavy atom. The van der Waals surface area contributed by atoms with Gasteiger partial charge in [-0.1, -0.05) is 6.07 Å².